The van der Waals surface area contributed by atoms with Gasteiger partial charge < -0.3 is 0 Å². The van der Waals surface area contributed by atoms with Crippen LogP contribution in [0, 0.1) is 0 Å². The molecule has 10 heteroatoms. The molecule has 0 amide bonds. The lowest BCUT2D eigenvalue weighted by Crippen LogP contribution is -2.26. The second kappa shape index (κ2) is 6.59. The Kier molecular flexibility index (Phi) is 5.05. The molecular weight excluding hydrogens is 366 g/mol. The number of nitrogen functional groups attached to an aromatic ring is 1. The predicted octanol–water partition coefficient (Wildman–Crippen LogP) is 1.11. The standard InChI is InChI=1S/C10H12BrN5O2S2/c11-9-2-1-7(19-9)3-4-15-20(17,18)8-5-13-10(16-12)14-6-8/h1-2,5-6,15H,3-4,12H2,(H,13,14,16). The van der Waals surface area contributed by atoms with Gasteiger partial charge in [0.05, 0.1) is 16.2 Å². The molecule has 4 N–H and O–H groups in total. The first-order valence-electron chi connectivity index (χ1n) is 5.54. The third-order valence-electron chi connectivity index (χ3n) is 2.36. The van der Waals surface area contributed by atoms with E-state index in [9.17, 15) is 8.42 Å². The highest BCUT2D eigenvalue weighted by Crippen LogP contribution is 2.22. The number of nitrogens with one attached hydrogen (secondary N) is 2. The topological polar surface area (TPSA) is 110 Å². The van der Waals surface area contributed by atoms with Crippen molar-refractivity contribution in [1.29, 1.82) is 0 Å². The van der Waals surface area contributed by atoms with E-state index in [1.54, 1.807) is 11.3 Å². The average Bonchev–Trinajstić information content (AvgIpc) is 2.84. The Morgan fingerprint density at radius 3 is 2.55 bits per heavy atom. The number of halogens is 1. The molecule has 0 bridgehead atoms. The molecule has 0 saturated carbocycles. The maximum absolute atomic E-state index is 12.0. The molecule has 2 aromatic rings. The van der Waals surface area contributed by atoms with Crippen LogP contribution in [0.25, 0.3) is 0 Å². The molecule has 2 rings (SSSR count). The van der Waals surface area contributed by atoms with Crippen LogP contribution < -0.4 is 16.0 Å². The summed E-state index contributed by atoms with van der Waals surface area (Å²) in [6.45, 7) is 0.312. The minimum Gasteiger partial charge on any atom is -0.292 e. The lowest BCUT2D eigenvalue weighted by Gasteiger charge is -2.05. The van der Waals surface area contributed by atoms with Crippen LogP contribution in [0.15, 0.2) is 33.2 Å². The maximum Gasteiger partial charge on any atom is 0.243 e. The van der Waals surface area contributed by atoms with E-state index in [0.717, 1.165) is 8.66 Å². The number of nitrogens with zero attached hydrogens (tertiary/aromatic N) is 2. The second-order valence-electron chi connectivity index (χ2n) is 3.74. The zero-order chi connectivity index (χ0) is 14.6. The SMILES string of the molecule is NNc1ncc(S(=O)(=O)NCCc2ccc(Br)s2)cn1. The largest absolute Gasteiger partial charge is 0.292 e. The van der Waals surface area contributed by atoms with Gasteiger partial charge >= 0.3 is 0 Å². The van der Waals surface area contributed by atoms with E-state index in [-0.39, 0.29) is 10.8 Å². The summed E-state index contributed by atoms with van der Waals surface area (Å²) in [5.41, 5.74) is 2.23. The quantitative estimate of drug-likeness (QED) is 0.513. The first kappa shape index (κ1) is 15.3. The van der Waals surface area contributed by atoms with Crippen LogP contribution in [-0.4, -0.2) is 24.9 Å². The Morgan fingerprint density at radius 2 is 2.00 bits per heavy atom. The van der Waals surface area contributed by atoms with Crippen molar-refractivity contribution in [2.75, 3.05) is 12.0 Å². The van der Waals surface area contributed by atoms with Gasteiger partial charge in [-0.25, -0.2) is 29.0 Å². The number of hydrogen-bond acceptors (Lipinski definition) is 7. The summed E-state index contributed by atoms with van der Waals surface area (Å²) >= 11 is 4.94. The van der Waals surface area contributed by atoms with E-state index in [0.29, 0.717) is 13.0 Å². The zero-order valence-electron chi connectivity index (χ0n) is 10.2. The van der Waals surface area contributed by atoms with Crippen LogP contribution in [0.5, 0.6) is 0 Å². The zero-order valence-corrected chi connectivity index (χ0v) is 13.4. The highest BCUT2D eigenvalue weighted by atomic mass is 79.9. The van der Waals surface area contributed by atoms with E-state index >= 15 is 0 Å². The molecule has 0 fully saturated rings. The van der Waals surface area contributed by atoms with Gasteiger partial charge in [-0.05, 0) is 34.5 Å². The number of anilines is 1. The molecular formula is C10H12BrN5O2S2. The Morgan fingerprint density at radius 1 is 1.30 bits per heavy atom. The highest BCUT2D eigenvalue weighted by Gasteiger charge is 2.14. The van der Waals surface area contributed by atoms with Gasteiger partial charge in [0.1, 0.15) is 4.90 Å². The first-order chi connectivity index (χ1) is 9.51. The van der Waals surface area contributed by atoms with Crippen LogP contribution in [0.2, 0.25) is 0 Å². The molecule has 0 atom stereocenters. The van der Waals surface area contributed by atoms with Gasteiger partial charge in [-0.3, -0.25) is 5.43 Å². The lowest BCUT2D eigenvalue weighted by atomic mass is 10.3. The number of nitrogens with two attached hydrogens (primary N) is 1. The van der Waals surface area contributed by atoms with Crippen molar-refractivity contribution >= 4 is 43.2 Å². The van der Waals surface area contributed by atoms with Gasteiger partial charge in [-0.1, -0.05) is 0 Å². The molecule has 108 valence electrons. The van der Waals surface area contributed by atoms with Crippen molar-refractivity contribution in [2.45, 2.75) is 11.3 Å². The summed E-state index contributed by atoms with van der Waals surface area (Å²) in [7, 11) is -3.60. The van der Waals surface area contributed by atoms with Crippen molar-refractivity contribution in [1.82, 2.24) is 14.7 Å². The Hall–Kier alpha value is -1.07. The molecule has 0 aliphatic heterocycles. The number of rotatable bonds is 6. The fourth-order valence-electron chi connectivity index (χ4n) is 1.41. The summed E-state index contributed by atoms with van der Waals surface area (Å²) in [5.74, 6) is 5.27. The number of hydrazine groups is 1. The molecule has 0 radical (unpaired) electrons. The number of aromatic nitrogens is 2. The van der Waals surface area contributed by atoms with E-state index < -0.39 is 10.0 Å². The Bertz CT molecular complexity index is 671. The maximum atomic E-state index is 12.0. The summed E-state index contributed by atoms with van der Waals surface area (Å²) in [6, 6.07) is 3.88. The molecule has 2 heterocycles. The van der Waals surface area contributed by atoms with Gasteiger partial charge in [0.2, 0.25) is 16.0 Å². The molecule has 0 spiro atoms. The third-order valence-corrected chi connectivity index (χ3v) is 5.46. The van der Waals surface area contributed by atoms with Gasteiger partial charge in [-0.2, -0.15) is 0 Å². The molecule has 0 aliphatic rings. The van der Waals surface area contributed by atoms with Gasteiger partial charge in [-0.15, -0.1) is 11.3 Å². The molecule has 0 unspecified atom stereocenters. The van der Waals surface area contributed by atoms with Crippen molar-refractivity contribution in [3.8, 4) is 0 Å². The van der Waals surface area contributed by atoms with Crippen LogP contribution in [0.3, 0.4) is 0 Å². The van der Waals surface area contributed by atoms with E-state index in [2.05, 4.69) is 36.0 Å². The summed E-state index contributed by atoms with van der Waals surface area (Å²) < 4.78 is 27.5. The summed E-state index contributed by atoms with van der Waals surface area (Å²) in [6.07, 6.45) is 3.03. The minimum atomic E-state index is -3.60. The Balaban J connectivity index is 1.96. The molecule has 20 heavy (non-hydrogen) atoms. The first-order valence-corrected chi connectivity index (χ1v) is 8.63. The fourth-order valence-corrected chi connectivity index (χ4v) is 3.81. The van der Waals surface area contributed by atoms with Crippen LogP contribution in [0.4, 0.5) is 5.95 Å². The van der Waals surface area contributed by atoms with Gasteiger partial charge in [0, 0.05) is 11.4 Å². The number of thiophene rings is 1. The molecule has 0 aliphatic carbocycles. The predicted molar refractivity (Wildman–Crippen MR) is 80.8 cm³/mol. The second-order valence-corrected chi connectivity index (χ2v) is 8.05. The van der Waals surface area contributed by atoms with Gasteiger partial charge in [0.15, 0.2) is 0 Å². The Labute approximate surface area is 128 Å². The van der Waals surface area contributed by atoms with Crippen LogP contribution >= 0.6 is 27.3 Å². The van der Waals surface area contributed by atoms with E-state index in [1.165, 1.54) is 12.4 Å². The number of sulfonamides is 1. The molecule has 7 nitrogen and oxygen atoms in total. The average molecular weight is 378 g/mol. The number of hydrogen-bond donors (Lipinski definition) is 3. The summed E-state index contributed by atoms with van der Waals surface area (Å²) in [5, 5.41) is 0. The smallest absolute Gasteiger partial charge is 0.243 e. The lowest BCUT2D eigenvalue weighted by molar-refractivity contribution is 0.581. The third kappa shape index (κ3) is 3.96. The van der Waals surface area contributed by atoms with Crippen molar-refractivity contribution in [2.24, 2.45) is 5.84 Å². The van der Waals surface area contributed by atoms with Crippen molar-refractivity contribution < 1.29 is 8.42 Å². The van der Waals surface area contributed by atoms with Crippen LogP contribution in [-0.2, 0) is 16.4 Å². The van der Waals surface area contributed by atoms with E-state index in [4.69, 9.17) is 5.84 Å². The van der Waals surface area contributed by atoms with Gasteiger partial charge in [0.25, 0.3) is 0 Å². The molecule has 0 aromatic carbocycles. The summed E-state index contributed by atoms with van der Waals surface area (Å²) in [4.78, 5) is 8.62. The fraction of sp³-hybridized carbons (Fsp3) is 0.200. The van der Waals surface area contributed by atoms with Crippen LogP contribution in [0.1, 0.15) is 4.88 Å². The van der Waals surface area contributed by atoms with E-state index in [1.807, 2.05) is 12.1 Å². The van der Waals surface area contributed by atoms with Crippen molar-refractivity contribution in [3.63, 3.8) is 0 Å². The highest BCUT2D eigenvalue weighted by molar-refractivity contribution is 9.11. The van der Waals surface area contributed by atoms with Crippen molar-refractivity contribution in [3.05, 3.63) is 33.2 Å². The minimum absolute atomic E-state index is 0.00357. The normalized spacial score (nSPS) is 11.5. The monoisotopic (exact) mass is 377 g/mol. The molecule has 0 saturated heterocycles. The molecule has 2 aromatic heterocycles.